The number of piperidine rings is 1. The molecule has 0 saturated carbocycles. The number of carboxylic acid groups (broad SMARTS) is 1. The highest BCUT2D eigenvalue weighted by molar-refractivity contribution is 5.90. The molecule has 1 aromatic heterocycles. The van der Waals surface area contributed by atoms with E-state index in [4.69, 9.17) is 19.8 Å². The van der Waals surface area contributed by atoms with Crippen LogP contribution in [0.3, 0.4) is 0 Å². The lowest BCUT2D eigenvalue weighted by Crippen LogP contribution is -2.31. The van der Waals surface area contributed by atoms with Gasteiger partial charge < -0.3 is 20.1 Å². The molecule has 2 N–H and O–H groups in total. The average Bonchev–Trinajstić information content (AvgIpc) is 2.83. The van der Waals surface area contributed by atoms with E-state index >= 15 is 0 Å². The number of hydrogen-bond donors (Lipinski definition) is 2. The predicted molar refractivity (Wildman–Crippen MR) is 124 cm³/mol. The minimum Gasteiger partial charge on any atom is -0.492 e. The van der Waals surface area contributed by atoms with Crippen LogP contribution in [0.1, 0.15) is 43.5 Å². The second-order valence-electron chi connectivity index (χ2n) is 7.05. The first-order valence-electron chi connectivity index (χ1n) is 10.9. The fraction of sp³-hybridized carbons (Fsp3) is 0.375. The van der Waals surface area contributed by atoms with Crippen LogP contribution >= 0.6 is 0 Å². The second-order valence-corrected chi connectivity index (χ2v) is 7.05. The minimum absolute atomic E-state index is 0.212. The molecule has 2 aromatic carbocycles. The number of fused-ring (bicyclic) bond motifs is 1. The van der Waals surface area contributed by atoms with Crippen molar-refractivity contribution in [2.24, 2.45) is 0 Å². The highest BCUT2D eigenvalue weighted by atomic mass is 16.5. The van der Waals surface area contributed by atoms with E-state index in [-0.39, 0.29) is 5.56 Å². The van der Waals surface area contributed by atoms with E-state index in [0.29, 0.717) is 18.9 Å². The molecule has 3 aromatic rings. The van der Waals surface area contributed by atoms with Crippen LogP contribution in [0, 0.1) is 0 Å². The van der Waals surface area contributed by atoms with Gasteiger partial charge in [0.1, 0.15) is 18.2 Å². The number of hydrogen-bond acceptors (Lipinski definition) is 6. The summed E-state index contributed by atoms with van der Waals surface area (Å²) in [7, 11) is 0. The number of aromatic carboxylic acids is 1. The Morgan fingerprint density at radius 2 is 1.84 bits per heavy atom. The van der Waals surface area contributed by atoms with Gasteiger partial charge in [-0.15, -0.1) is 0 Å². The SMILES string of the molecule is CC.O=C(O)c1cccc(OCCNc2nc(N3CCCCC3)nc3ccccc23)c1. The predicted octanol–water partition coefficient (Wildman–Crippen LogP) is 4.84. The van der Waals surface area contributed by atoms with Crippen LogP contribution in [0.5, 0.6) is 5.75 Å². The molecular formula is C24H30N4O3. The normalized spacial score (nSPS) is 13.3. The van der Waals surface area contributed by atoms with Crippen molar-refractivity contribution in [1.29, 1.82) is 0 Å². The Hall–Kier alpha value is -3.35. The van der Waals surface area contributed by atoms with Crippen LogP contribution in [0.15, 0.2) is 48.5 Å². The number of carbonyl (C=O) groups is 1. The molecule has 31 heavy (non-hydrogen) atoms. The number of aromatic nitrogens is 2. The molecule has 0 bridgehead atoms. The number of anilines is 2. The molecule has 7 nitrogen and oxygen atoms in total. The highest BCUT2D eigenvalue weighted by Gasteiger charge is 2.16. The van der Waals surface area contributed by atoms with E-state index in [2.05, 4.69) is 10.2 Å². The molecule has 0 spiro atoms. The summed E-state index contributed by atoms with van der Waals surface area (Å²) in [5, 5.41) is 13.4. The first-order chi connectivity index (χ1) is 15.2. The first kappa shape index (κ1) is 22.3. The summed E-state index contributed by atoms with van der Waals surface area (Å²) >= 11 is 0. The Labute approximate surface area is 183 Å². The first-order valence-corrected chi connectivity index (χ1v) is 10.9. The fourth-order valence-corrected chi connectivity index (χ4v) is 3.49. The highest BCUT2D eigenvalue weighted by Crippen LogP contribution is 2.25. The summed E-state index contributed by atoms with van der Waals surface area (Å²) in [5.74, 6) is 1.12. The zero-order valence-corrected chi connectivity index (χ0v) is 18.2. The zero-order chi connectivity index (χ0) is 22.1. The van der Waals surface area contributed by atoms with Gasteiger partial charge in [0.05, 0.1) is 17.6 Å². The standard InChI is InChI=1S/C22H24N4O3.C2H6/c27-21(28)16-7-6-8-17(15-16)29-14-11-23-20-18-9-2-3-10-19(18)24-22(25-20)26-12-4-1-5-13-26;1-2/h2-3,6-10,15H,1,4-5,11-14H2,(H,27,28)(H,23,24,25);1-2H3. The van der Waals surface area contributed by atoms with Crippen molar-refractivity contribution in [2.75, 3.05) is 36.5 Å². The topological polar surface area (TPSA) is 87.6 Å². The maximum absolute atomic E-state index is 11.1. The Bertz CT molecular complexity index is 1000. The van der Waals surface area contributed by atoms with Crippen LogP contribution in [-0.2, 0) is 0 Å². The van der Waals surface area contributed by atoms with E-state index in [1.165, 1.54) is 25.3 Å². The third-order valence-electron chi connectivity index (χ3n) is 4.97. The summed E-state index contributed by atoms with van der Waals surface area (Å²) < 4.78 is 5.70. The van der Waals surface area contributed by atoms with Crippen LogP contribution in [0.25, 0.3) is 10.9 Å². The Morgan fingerprint density at radius 1 is 1.06 bits per heavy atom. The quantitative estimate of drug-likeness (QED) is 0.527. The number of rotatable bonds is 7. The largest absolute Gasteiger partial charge is 0.492 e. The maximum atomic E-state index is 11.1. The molecule has 2 heterocycles. The van der Waals surface area contributed by atoms with Crippen molar-refractivity contribution in [3.63, 3.8) is 0 Å². The van der Waals surface area contributed by atoms with Gasteiger partial charge in [0, 0.05) is 18.5 Å². The monoisotopic (exact) mass is 422 g/mol. The van der Waals surface area contributed by atoms with Gasteiger partial charge in [0.15, 0.2) is 0 Å². The lowest BCUT2D eigenvalue weighted by atomic mass is 10.1. The van der Waals surface area contributed by atoms with E-state index in [0.717, 1.165) is 35.8 Å². The van der Waals surface area contributed by atoms with Crippen molar-refractivity contribution in [3.8, 4) is 5.75 Å². The average molecular weight is 423 g/mol. The van der Waals surface area contributed by atoms with E-state index in [1.807, 2.05) is 38.1 Å². The molecule has 0 atom stereocenters. The molecule has 7 heteroatoms. The molecule has 164 valence electrons. The van der Waals surface area contributed by atoms with Crippen molar-refractivity contribution in [3.05, 3.63) is 54.1 Å². The van der Waals surface area contributed by atoms with Gasteiger partial charge in [-0.25, -0.2) is 9.78 Å². The Morgan fingerprint density at radius 3 is 2.61 bits per heavy atom. The second kappa shape index (κ2) is 11.2. The van der Waals surface area contributed by atoms with Gasteiger partial charge in [-0.05, 0) is 49.6 Å². The van der Waals surface area contributed by atoms with Gasteiger partial charge in [0.2, 0.25) is 5.95 Å². The molecule has 0 radical (unpaired) electrons. The molecule has 1 fully saturated rings. The number of nitrogens with one attached hydrogen (secondary N) is 1. The van der Waals surface area contributed by atoms with Crippen molar-refractivity contribution in [1.82, 2.24) is 9.97 Å². The summed E-state index contributed by atoms with van der Waals surface area (Å²) in [4.78, 5) is 22.8. The maximum Gasteiger partial charge on any atom is 0.335 e. The van der Waals surface area contributed by atoms with E-state index < -0.39 is 5.97 Å². The number of carboxylic acids is 1. The Kier molecular flexibility index (Phi) is 8.04. The molecular weight excluding hydrogens is 392 g/mol. The minimum atomic E-state index is -0.966. The number of nitrogens with zero attached hydrogens (tertiary/aromatic N) is 3. The van der Waals surface area contributed by atoms with Crippen molar-refractivity contribution < 1.29 is 14.6 Å². The molecule has 0 unspecified atom stereocenters. The fourth-order valence-electron chi connectivity index (χ4n) is 3.49. The Balaban J connectivity index is 0.00000132. The summed E-state index contributed by atoms with van der Waals surface area (Å²) in [5.41, 5.74) is 1.13. The third kappa shape index (κ3) is 5.84. The lowest BCUT2D eigenvalue weighted by Gasteiger charge is -2.27. The number of ether oxygens (including phenoxy) is 1. The molecule has 4 rings (SSSR count). The lowest BCUT2D eigenvalue weighted by molar-refractivity contribution is 0.0696. The molecule has 0 amide bonds. The van der Waals surface area contributed by atoms with Gasteiger partial charge in [-0.3, -0.25) is 0 Å². The van der Waals surface area contributed by atoms with Crippen LogP contribution < -0.4 is 15.0 Å². The molecule has 1 aliphatic rings. The van der Waals surface area contributed by atoms with Crippen LogP contribution in [-0.4, -0.2) is 47.3 Å². The molecule has 1 saturated heterocycles. The van der Waals surface area contributed by atoms with Crippen LogP contribution in [0.2, 0.25) is 0 Å². The molecule has 1 aliphatic heterocycles. The smallest absolute Gasteiger partial charge is 0.335 e. The van der Waals surface area contributed by atoms with Gasteiger partial charge in [-0.1, -0.05) is 32.0 Å². The summed E-state index contributed by atoms with van der Waals surface area (Å²) in [6.45, 7) is 6.90. The van der Waals surface area contributed by atoms with E-state index in [1.54, 1.807) is 18.2 Å². The molecule has 0 aliphatic carbocycles. The number of benzene rings is 2. The van der Waals surface area contributed by atoms with E-state index in [9.17, 15) is 4.79 Å². The summed E-state index contributed by atoms with van der Waals surface area (Å²) in [6, 6.07) is 14.5. The van der Waals surface area contributed by atoms with Crippen molar-refractivity contribution in [2.45, 2.75) is 33.1 Å². The third-order valence-corrected chi connectivity index (χ3v) is 4.97. The van der Waals surface area contributed by atoms with Gasteiger partial charge in [-0.2, -0.15) is 4.98 Å². The van der Waals surface area contributed by atoms with Gasteiger partial charge >= 0.3 is 5.97 Å². The summed E-state index contributed by atoms with van der Waals surface area (Å²) in [6.07, 6.45) is 3.60. The van der Waals surface area contributed by atoms with Crippen LogP contribution in [0.4, 0.5) is 11.8 Å². The zero-order valence-electron chi connectivity index (χ0n) is 18.2. The van der Waals surface area contributed by atoms with Crippen molar-refractivity contribution >= 4 is 28.6 Å². The number of para-hydroxylation sites is 1. The van der Waals surface area contributed by atoms with Gasteiger partial charge in [0.25, 0.3) is 0 Å².